The molecule has 2 rings (SSSR count). The van der Waals surface area contributed by atoms with Gasteiger partial charge in [0.15, 0.2) is 5.69 Å². The molecule has 0 fully saturated rings. The van der Waals surface area contributed by atoms with Crippen molar-refractivity contribution in [1.29, 1.82) is 5.26 Å². The van der Waals surface area contributed by atoms with E-state index in [2.05, 4.69) is 15.0 Å². The lowest BCUT2D eigenvalue weighted by molar-refractivity contribution is -0.0498. The van der Waals surface area contributed by atoms with Crippen LogP contribution in [0.2, 0.25) is 5.02 Å². The van der Waals surface area contributed by atoms with Gasteiger partial charge in [-0.15, -0.1) is 0 Å². The van der Waals surface area contributed by atoms with Gasteiger partial charge in [0.1, 0.15) is 17.6 Å². The number of hydrogen-bond acceptors (Lipinski definition) is 4. The second-order valence-corrected chi connectivity index (χ2v) is 4.86. The molecule has 0 aliphatic heterocycles. The molecule has 114 valence electrons. The topological polar surface area (TPSA) is 57.9 Å². The number of nitrogens with one attached hydrogen (secondary N) is 1. The van der Waals surface area contributed by atoms with Gasteiger partial charge in [0.2, 0.25) is 0 Å². The van der Waals surface area contributed by atoms with E-state index in [4.69, 9.17) is 16.9 Å². The van der Waals surface area contributed by atoms with Gasteiger partial charge in [0, 0.05) is 6.04 Å². The van der Waals surface area contributed by atoms with Crippen molar-refractivity contribution in [3.63, 3.8) is 0 Å². The average Bonchev–Trinajstić information content (AvgIpc) is 2.49. The zero-order chi connectivity index (χ0) is 16.1. The van der Waals surface area contributed by atoms with Crippen molar-refractivity contribution >= 4 is 17.4 Å². The largest absolute Gasteiger partial charge is 0.435 e. The second-order valence-electron chi connectivity index (χ2n) is 4.45. The van der Waals surface area contributed by atoms with E-state index in [0.29, 0.717) is 5.82 Å². The molecule has 1 atom stereocenters. The molecule has 22 heavy (non-hydrogen) atoms. The van der Waals surface area contributed by atoms with Gasteiger partial charge in [0.05, 0.1) is 5.02 Å². The summed E-state index contributed by atoms with van der Waals surface area (Å²) in [6.45, 7) is -0.963. The Balaban J connectivity index is 2.09. The number of rotatable bonds is 5. The van der Waals surface area contributed by atoms with E-state index in [1.807, 2.05) is 13.0 Å². The fraction of sp³-hybridized carbons (Fsp3) is 0.200. The molecule has 2 aromatic rings. The third-order valence-corrected chi connectivity index (χ3v) is 3.23. The molecular weight excluding hydrogens is 312 g/mol. The summed E-state index contributed by atoms with van der Waals surface area (Å²) in [5.74, 6) is 0.601. The molecule has 1 aromatic carbocycles. The average molecular weight is 324 g/mol. The van der Waals surface area contributed by atoms with Gasteiger partial charge in [-0.3, -0.25) is 0 Å². The normalized spacial score (nSPS) is 11.8. The number of alkyl halides is 2. The Morgan fingerprint density at radius 2 is 1.91 bits per heavy atom. The van der Waals surface area contributed by atoms with E-state index < -0.39 is 6.61 Å². The molecule has 0 bridgehead atoms. The zero-order valence-corrected chi connectivity index (χ0v) is 12.3. The van der Waals surface area contributed by atoms with Crippen LogP contribution in [0.15, 0.2) is 36.4 Å². The Morgan fingerprint density at radius 1 is 1.23 bits per heavy atom. The molecular formula is C15H12ClF2N3O. The highest BCUT2D eigenvalue weighted by atomic mass is 35.5. The number of pyridine rings is 1. The van der Waals surface area contributed by atoms with E-state index in [9.17, 15) is 8.78 Å². The van der Waals surface area contributed by atoms with Gasteiger partial charge in [-0.1, -0.05) is 23.7 Å². The van der Waals surface area contributed by atoms with Crippen LogP contribution in [0.4, 0.5) is 14.6 Å². The van der Waals surface area contributed by atoms with Gasteiger partial charge in [0.25, 0.3) is 0 Å². The Bertz CT molecular complexity index is 686. The second kappa shape index (κ2) is 7.05. The zero-order valence-electron chi connectivity index (χ0n) is 11.6. The lowest BCUT2D eigenvalue weighted by Crippen LogP contribution is -2.08. The predicted molar refractivity (Wildman–Crippen MR) is 79.1 cm³/mol. The highest BCUT2D eigenvalue weighted by molar-refractivity contribution is 6.31. The van der Waals surface area contributed by atoms with Crippen LogP contribution >= 0.6 is 11.6 Å². The lowest BCUT2D eigenvalue weighted by atomic mass is 10.1. The molecule has 1 unspecified atom stereocenters. The van der Waals surface area contributed by atoms with E-state index in [1.165, 1.54) is 12.1 Å². The van der Waals surface area contributed by atoms with Crippen molar-refractivity contribution in [3.05, 3.63) is 52.7 Å². The summed E-state index contributed by atoms with van der Waals surface area (Å²) in [4.78, 5) is 4.09. The Morgan fingerprint density at radius 3 is 2.50 bits per heavy atom. The summed E-state index contributed by atoms with van der Waals surface area (Å²) < 4.78 is 28.5. The minimum atomic E-state index is -2.84. The fourth-order valence-corrected chi connectivity index (χ4v) is 1.99. The molecule has 1 aromatic heterocycles. The van der Waals surface area contributed by atoms with Crippen LogP contribution in [-0.4, -0.2) is 11.6 Å². The Kier molecular flexibility index (Phi) is 5.12. The van der Waals surface area contributed by atoms with Crippen molar-refractivity contribution in [3.8, 4) is 11.8 Å². The maximum atomic E-state index is 12.1. The summed E-state index contributed by atoms with van der Waals surface area (Å²) in [6.07, 6.45) is 0. The van der Waals surface area contributed by atoms with E-state index in [0.717, 1.165) is 5.56 Å². The highest BCUT2D eigenvalue weighted by Gasteiger charge is 2.10. The molecule has 0 aliphatic rings. The maximum Gasteiger partial charge on any atom is 0.387 e. The molecule has 7 heteroatoms. The van der Waals surface area contributed by atoms with Gasteiger partial charge >= 0.3 is 6.61 Å². The van der Waals surface area contributed by atoms with Crippen molar-refractivity contribution in [2.45, 2.75) is 19.6 Å². The van der Waals surface area contributed by atoms with Crippen LogP contribution in [0.3, 0.4) is 0 Å². The molecule has 1 heterocycles. The first kappa shape index (κ1) is 16.0. The van der Waals surface area contributed by atoms with E-state index >= 15 is 0 Å². The van der Waals surface area contributed by atoms with Crippen LogP contribution in [0, 0.1) is 11.3 Å². The molecule has 0 saturated heterocycles. The number of nitrogens with zero attached hydrogens (tertiary/aromatic N) is 2. The molecule has 1 N–H and O–H groups in total. The number of nitriles is 1. The van der Waals surface area contributed by atoms with Crippen molar-refractivity contribution < 1.29 is 13.5 Å². The van der Waals surface area contributed by atoms with Crippen molar-refractivity contribution in [2.24, 2.45) is 0 Å². The van der Waals surface area contributed by atoms with Crippen LogP contribution in [0.25, 0.3) is 0 Å². The summed E-state index contributed by atoms with van der Waals surface area (Å²) in [7, 11) is 0. The first-order chi connectivity index (χ1) is 10.5. The van der Waals surface area contributed by atoms with Crippen LogP contribution in [-0.2, 0) is 0 Å². The monoisotopic (exact) mass is 323 g/mol. The highest BCUT2D eigenvalue weighted by Crippen LogP contribution is 2.23. The minimum absolute atomic E-state index is 0.0994. The lowest BCUT2D eigenvalue weighted by Gasteiger charge is -2.15. The molecule has 4 nitrogen and oxygen atoms in total. The van der Waals surface area contributed by atoms with Gasteiger partial charge < -0.3 is 10.1 Å². The Hall–Kier alpha value is -2.39. The number of benzene rings is 1. The third-order valence-electron chi connectivity index (χ3n) is 2.92. The number of hydrogen-bond donors (Lipinski definition) is 1. The molecule has 0 spiro atoms. The van der Waals surface area contributed by atoms with Gasteiger partial charge in [-0.2, -0.15) is 14.0 Å². The van der Waals surface area contributed by atoms with Crippen LogP contribution < -0.4 is 10.1 Å². The van der Waals surface area contributed by atoms with E-state index in [-0.39, 0.29) is 22.5 Å². The summed E-state index contributed by atoms with van der Waals surface area (Å²) in [5.41, 5.74) is 0.997. The number of halogens is 3. The standard InChI is InChI=1S/C15H12ClF2N3O/c1-9(10-2-4-11(5-3-10)22-15(17)18)20-14-7-6-12(16)13(8-19)21-14/h2-7,9,15H,1H3,(H,20,21). The first-order valence-corrected chi connectivity index (χ1v) is 6.75. The Labute approximate surface area is 131 Å². The fourth-order valence-electron chi connectivity index (χ4n) is 1.84. The number of ether oxygens (including phenoxy) is 1. The van der Waals surface area contributed by atoms with Crippen molar-refractivity contribution in [1.82, 2.24) is 4.98 Å². The maximum absolute atomic E-state index is 12.1. The minimum Gasteiger partial charge on any atom is -0.435 e. The molecule has 0 aliphatic carbocycles. The van der Waals surface area contributed by atoms with Gasteiger partial charge in [-0.05, 0) is 36.8 Å². The summed E-state index contributed by atoms with van der Waals surface area (Å²) >= 11 is 5.82. The number of anilines is 1. The van der Waals surface area contributed by atoms with E-state index in [1.54, 1.807) is 24.3 Å². The molecule has 0 saturated carbocycles. The number of aromatic nitrogens is 1. The quantitative estimate of drug-likeness (QED) is 0.887. The molecule has 0 amide bonds. The first-order valence-electron chi connectivity index (χ1n) is 6.37. The SMILES string of the molecule is CC(Nc1ccc(Cl)c(C#N)n1)c1ccc(OC(F)F)cc1. The smallest absolute Gasteiger partial charge is 0.387 e. The van der Waals surface area contributed by atoms with Crippen LogP contribution in [0.1, 0.15) is 24.2 Å². The molecule has 0 radical (unpaired) electrons. The van der Waals surface area contributed by atoms with Crippen LogP contribution in [0.5, 0.6) is 5.75 Å². The van der Waals surface area contributed by atoms with Gasteiger partial charge in [-0.25, -0.2) is 4.98 Å². The van der Waals surface area contributed by atoms with Crippen molar-refractivity contribution in [2.75, 3.05) is 5.32 Å². The summed E-state index contributed by atoms with van der Waals surface area (Å²) in [5, 5.41) is 12.3. The predicted octanol–water partition coefficient (Wildman–Crippen LogP) is 4.38. The summed E-state index contributed by atoms with van der Waals surface area (Å²) in [6, 6.07) is 11.3. The third kappa shape index (κ3) is 4.06.